The number of ether oxygens (including phenoxy) is 1. The van der Waals surface area contributed by atoms with Crippen molar-refractivity contribution in [2.24, 2.45) is 0 Å². The van der Waals surface area contributed by atoms with Crippen molar-refractivity contribution < 1.29 is 14.5 Å². The maximum Gasteiger partial charge on any atom is 0.350 e. The Labute approximate surface area is 142 Å². The van der Waals surface area contributed by atoms with E-state index in [1.807, 2.05) is 12.1 Å². The van der Waals surface area contributed by atoms with Crippen molar-refractivity contribution in [3.63, 3.8) is 0 Å². The molecule has 6 heteroatoms. The predicted molar refractivity (Wildman–Crippen MR) is 91.7 cm³/mol. The molecule has 0 fully saturated rings. The Morgan fingerprint density at radius 3 is 2.46 bits per heavy atom. The van der Waals surface area contributed by atoms with Crippen molar-refractivity contribution >= 4 is 34.0 Å². The lowest BCUT2D eigenvalue weighted by atomic mass is 10.1. The second kappa shape index (κ2) is 6.29. The molecule has 0 bridgehead atoms. The standard InChI is InChI=1S/C18H12ClNO4/c1-11-5-4-8-14(17(11)20(22)23)18(21)24-16-10-9-15(19)12-6-2-3-7-13(12)16/h2-10H,1H3. The minimum Gasteiger partial charge on any atom is -0.422 e. The summed E-state index contributed by atoms with van der Waals surface area (Å²) in [5.41, 5.74) is 0.0650. The number of carbonyl (C=O) groups is 1. The number of fused-ring (bicyclic) bond motifs is 1. The number of carbonyl (C=O) groups excluding carboxylic acids is 1. The maximum atomic E-state index is 12.5. The number of para-hydroxylation sites is 1. The van der Waals surface area contributed by atoms with Gasteiger partial charge >= 0.3 is 5.97 Å². The molecule has 120 valence electrons. The van der Waals surface area contributed by atoms with E-state index in [1.54, 1.807) is 43.3 Å². The molecule has 3 aromatic rings. The molecule has 0 amide bonds. The topological polar surface area (TPSA) is 69.4 Å². The van der Waals surface area contributed by atoms with Crippen LogP contribution in [0.25, 0.3) is 10.8 Å². The van der Waals surface area contributed by atoms with Crippen LogP contribution in [0.15, 0.2) is 54.6 Å². The fourth-order valence-electron chi connectivity index (χ4n) is 2.54. The fourth-order valence-corrected chi connectivity index (χ4v) is 2.77. The van der Waals surface area contributed by atoms with Gasteiger partial charge in [0, 0.05) is 21.4 Å². The largest absolute Gasteiger partial charge is 0.422 e. The zero-order chi connectivity index (χ0) is 17.3. The summed E-state index contributed by atoms with van der Waals surface area (Å²) in [5.74, 6) is -0.478. The van der Waals surface area contributed by atoms with Gasteiger partial charge in [0.25, 0.3) is 5.69 Å². The first-order valence-electron chi connectivity index (χ1n) is 7.12. The average Bonchev–Trinajstić information content (AvgIpc) is 2.57. The van der Waals surface area contributed by atoms with Crippen molar-refractivity contribution in [2.45, 2.75) is 6.92 Å². The van der Waals surface area contributed by atoms with E-state index in [9.17, 15) is 14.9 Å². The van der Waals surface area contributed by atoms with Crippen LogP contribution in [-0.2, 0) is 0 Å². The highest BCUT2D eigenvalue weighted by molar-refractivity contribution is 6.35. The molecule has 3 aromatic carbocycles. The number of nitro benzene ring substituents is 1. The number of hydrogen-bond acceptors (Lipinski definition) is 4. The van der Waals surface area contributed by atoms with Crippen molar-refractivity contribution in [1.29, 1.82) is 0 Å². The van der Waals surface area contributed by atoms with Gasteiger partial charge in [0.15, 0.2) is 0 Å². The van der Waals surface area contributed by atoms with Crippen LogP contribution >= 0.6 is 11.6 Å². The summed E-state index contributed by atoms with van der Waals surface area (Å²) < 4.78 is 5.41. The molecule has 0 aromatic heterocycles. The molecule has 3 rings (SSSR count). The van der Waals surface area contributed by atoms with Gasteiger partial charge in [0.1, 0.15) is 11.3 Å². The van der Waals surface area contributed by atoms with E-state index in [0.717, 1.165) is 5.39 Å². The molecule has 0 spiro atoms. The minimum atomic E-state index is -0.780. The van der Waals surface area contributed by atoms with Crippen LogP contribution in [0.2, 0.25) is 5.02 Å². The Balaban J connectivity index is 2.05. The first kappa shape index (κ1) is 16.0. The van der Waals surface area contributed by atoms with Crippen LogP contribution in [0.1, 0.15) is 15.9 Å². The predicted octanol–water partition coefficient (Wildman–Crippen LogP) is 4.93. The molecule has 0 atom stereocenters. The Bertz CT molecular complexity index is 968. The zero-order valence-electron chi connectivity index (χ0n) is 12.7. The highest BCUT2D eigenvalue weighted by Crippen LogP contribution is 2.32. The third-order valence-electron chi connectivity index (χ3n) is 3.67. The summed E-state index contributed by atoms with van der Waals surface area (Å²) in [4.78, 5) is 23.1. The van der Waals surface area contributed by atoms with Gasteiger partial charge < -0.3 is 4.74 Å². The van der Waals surface area contributed by atoms with Crippen LogP contribution in [0.4, 0.5) is 5.69 Å². The lowest BCUT2D eigenvalue weighted by molar-refractivity contribution is -0.385. The van der Waals surface area contributed by atoms with Crippen LogP contribution in [0.5, 0.6) is 5.75 Å². The van der Waals surface area contributed by atoms with E-state index >= 15 is 0 Å². The third-order valence-corrected chi connectivity index (χ3v) is 4.00. The molecular weight excluding hydrogens is 330 g/mol. The molecule has 0 radical (unpaired) electrons. The molecule has 24 heavy (non-hydrogen) atoms. The third kappa shape index (κ3) is 2.81. The van der Waals surface area contributed by atoms with Crippen molar-refractivity contribution in [3.8, 4) is 5.75 Å². The Kier molecular flexibility index (Phi) is 4.18. The van der Waals surface area contributed by atoms with Crippen molar-refractivity contribution in [2.75, 3.05) is 0 Å². The second-order valence-electron chi connectivity index (χ2n) is 5.21. The van der Waals surface area contributed by atoms with Crippen molar-refractivity contribution in [3.05, 3.63) is 80.9 Å². The molecule has 0 aliphatic heterocycles. The highest BCUT2D eigenvalue weighted by atomic mass is 35.5. The monoisotopic (exact) mass is 341 g/mol. The summed E-state index contributed by atoms with van der Waals surface area (Å²) in [5, 5.41) is 13.2. The Morgan fingerprint density at radius 2 is 1.75 bits per heavy atom. The van der Waals surface area contributed by atoms with Crippen LogP contribution in [0.3, 0.4) is 0 Å². The summed E-state index contributed by atoms with van der Waals surface area (Å²) in [7, 11) is 0. The molecule has 0 heterocycles. The lowest BCUT2D eigenvalue weighted by Crippen LogP contribution is -2.12. The Hall–Kier alpha value is -2.92. The number of nitrogens with zero attached hydrogens (tertiary/aromatic N) is 1. The minimum absolute atomic E-state index is 0.0842. The Morgan fingerprint density at radius 1 is 1.04 bits per heavy atom. The van der Waals surface area contributed by atoms with Crippen LogP contribution in [-0.4, -0.2) is 10.9 Å². The zero-order valence-corrected chi connectivity index (χ0v) is 13.4. The van der Waals surface area contributed by atoms with Gasteiger partial charge in [-0.3, -0.25) is 10.1 Å². The van der Waals surface area contributed by atoms with E-state index in [-0.39, 0.29) is 11.3 Å². The van der Waals surface area contributed by atoms with Gasteiger partial charge in [-0.25, -0.2) is 4.79 Å². The molecule has 0 saturated carbocycles. The van der Waals surface area contributed by atoms with E-state index in [0.29, 0.717) is 21.7 Å². The SMILES string of the molecule is Cc1cccc(C(=O)Oc2ccc(Cl)c3ccccc23)c1[N+](=O)[O-]. The van der Waals surface area contributed by atoms with Gasteiger partial charge in [-0.15, -0.1) is 0 Å². The molecule has 0 aliphatic carbocycles. The van der Waals surface area contributed by atoms with E-state index in [4.69, 9.17) is 16.3 Å². The van der Waals surface area contributed by atoms with Gasteiger partial charge in [-0.05, 0) is 25.1 Å². The lowest BCUT2D eigenvalue weighted by Gasteiger charge is -2.09. The quantitative estimate of drug-likeness (QED) is 0.293. The number of rotatable bonds is 3. The summed E-state index contributed by atoms with van der Waals surface area (Å²) >= 11 is 6.14. The van der Waals surface area contributed by atoms with Gasteiger partial charge in [0.2, 0.25) is 0 Å². The van der Waals surface area contributed by atoms with E-state index in [1.165, 1.54) is 6.07 Å². The maximum absolute atomic E-state index is 12.5. The van der Waals surface area contributed by atoms with Crippen LogP contribution in [0, 0.1) is 17.0 Å². The summed E-state index contributed by atoms with van der Waals surface area (Å²) in [6.07, 6.45) is 0. The van der Waals surface area contributed by atoms with Gasteiger partial charge in [0.05, 0.1) is 4.92 Å². The summed E-state index contributed by atoms with van der Waals surface area (Å²) in [6, 6.07) is 14.9. The highest BCUT2D eigenvalue weighted by Gasteiger charge is 2.24. The first-order chi connectivity index (χ1) is 11.5. The number of halogens is 1. The number of benzene rings is 3. The van der Waals surface area contributed by atoms with E-state index in [2.05, 4.69) is 0 Å². The number of nitro groups is 1. The van der Waals surface area contributed by atoms with Crippen LogP contribution < -0.4 is 4.74 Å². The molecule has 0 unspecified atom stereocenters. The van der Waals surface area contributed by atoms with Crippen molar-refractivity contribution in [1.82, 2.24) is 0 Å². The molecular formula is C18H12ClNO4. The molecule has 0 aliphatic rings. The van der Waals surface area contributed by atoms with Gasteiger partial charge in [-0.2, -0.15) is 0 Å². The van der Waals surface area contributed by atoms with Gasteiger partial charge in [-0.1, -0.05) is 48.0 Å². The smallest absolute Gasteiger partial charge is 0.350 e. The molecule has 0 saturated heterocycles. The normalized spacial score (nSPS) is 10.6. The molecule has 5 nitrogen and oxygen atoms in total. The number of hydrogen-bond donors (Lipinski definition) is 0. The molecule has 0 N–H and O–H groups in total. The first-order valence-corrected chi connectivity index (χ1v) is 7.50. The number of esters is 1. The summed E-state index contributed by atoms with van der Waals surface area (Å²) in [6.45, 7) is 1.58. The second-order valence-corrected chi connectivity index (χ2v) is 5.62. The van der Waals surface area contributed by atoms with E-state index < -0.39 is 10.9 Å². The average molecular weight is 342 g/mol. The number of aryl methyl sites for hydroxylation is 1. The fraction of sp³-hybridized carbons (Fsp3) is 0.0556.